The SMILES string of the molecule is CCNC(=O)c1cccc(NC(=O)c2cc3c(s2)CCC3)c1. The minimum absolute atomic E-state index is 0.104. The molecular weight excluding hydrogens is 296 g/mol. The zero-order valence-corrected chi connectivity index (χ0v) is 13.3. The Hall–Kier alpha value is -2.14. The van der Waals surface area contributed by atoms with Crippen molar-refractivity contribution >= 4 is 28.8 Å². The minimum atomic E-state index is -0.131. The van der Waals surface area contributed by atoms with Gasteiger partial charge in [0.2, 0.25) is 0 Å². The van der Waals surface area contributed by atoms with Gasteiger partial charge in [-0.25, -0.2) is 0 Å². The molecule has 1 aromatic carbocycles. The molecule has 1 aromatic heterocycles. The Morgan fingerprint density at radius 2 is 2.05 bits per heavy atom. The first-order valence-electron chi connectivity index (χ1n) is 7.48. The molecule has 0 bridgehead atoms. The predicted molar refractivity (Wildman–Crippen MR) is 88.7 cm³/mol. The highest BCUT2D eigenvalue weighted by Gasteiger charge is 2.18. The van der Waals surface area contributed by atoms with Crippen LogP contribution in [-0.4, -0.2) is 18.4 Å². The van der Waals surface area contributed by atoms with Gasteiger partial charge in [0, 0.05) is 22.7 Å². The maximum absolute atomic E-state index is 12.3. The van der Waals surface area contributed by atoms with Crippen molar-refractivity contribution in [2.24, 2.45) is 0 Å². The molecule has 2 aromatic rings. The zero-order valence-electron chi connectivity index (χ0n) is 12.4. The molecule has 3 rings (SSSR count). The third kappa shape index (κ3) is 3.04. The van der Waals surface area contributed by atoms with Crippen LogP contribution in [0.15, 0.2) is 30.3 Å². The van der Waals surface area contributed by atoms with E-state index in [1.807, 2.05) is 13.0 Å². The van der Waals surface area contributed by atoms with Gasteiger partial charge in [-0.15, -0.1) is 11.3 Å². The van der Waals surface area contributed by atoms with Crippen LogP contribution in [0.25, 0.3) is 0 Å². The lowest BCUT2D eigenvalue weighted by molar-refractivity contribution is 0.0954. The van der Waals surface area contributed by atoms with Crippen molar-refractivity contribution in [1.29, 1.82) is 0 Å². The first kappa shape index (κ1) is 14.8. The van der Waals surface area contributed by atoms with Crippen molar-refractivity contribution in [3.05, 3.63) is 51.2 Å². The molecule has 114 valence electrons. The molecule has 1 aliphatic rings. The Bertz CT molecular complexity index is 700. The monoisotopic (exact) mass is 314 g/mol. The summed E-state index contributed by atoms with van der Waals surface area (Å²) in [6, 6.07) is 9.00. The van der Waals surface area contributed by atoms with Gasteiger partial charge >= 0.3 is 0 Å². The molecule has 2 amide bonds. The Morgan fingerprint density at radius 3 is 2.82 bits per heavy atom. The van der Waals surface area contributed by atoms with E-state index in [9.17, 15) is 9.59 Å². The highest BCUT2D eigenvalue weighted by molar-refractivity contribution is 7.14. The number of carbonyl (C=O) groups excluding carboxylic acids is 2. The van der Waals surface area contributed by atoms with E-state index in [2.05, 4.69) is 10.6 Å². The smallest absolute Gasteiger partial charge is 0.265 e. The second-order valence-corrected chi connectivity index (χ2v) is 6.44. The van der Waals surface area contributed by atoms with Gasteiger partial charge in [-0.1, -0.05) is 6.07 Å². The fraction of sp³-hybridized carbons (Fsp3) is 0.294. The van der Waals surface area contributed by atoms with E-state index < -0.39 is 0 Å². The number of benzene rings is 1. The fourth-order valence-electron chi connectivity index (χ4n) is 2.63. The highest BCUT2D eigenvalue weighted by Crippen LogP contribution is 2.31. The average molecular weight is 314 g/mol. The topological polar surface area (TPSA) is 58.2 Å². The van der Waals surface area contributed by atoms with E-state index in [0.29, 0.717) is 17.8 Å². The van der Waals surface area contributed by atoms with E-state index >= 15 is 0 Å². The van der Waals surface area contributed by atoms with Crippen LogP contribution in [0.2, 0.25) is 0 Å². The normalized spacial score (nSPS) is 12.8. The van der Waals surface area contributed by atoms with E-state index in [1.165, 1.54) is 16.9 Å². The van der Waals surface area contributed by atoms with Gasteiger partial charge < -0.3 is 10.6 Å². The molecule has 0 unspecified atom stereocenters. The fourth-order valence-corrected chi connectivity index (χ4v) is 3.78. The molecule has 1 aliphatic carbocycles. The third-order valence-corrected chi connectivity index (χ3v) is 4.93. The summed E-state index contributed by atoms with van der Waals surface area (Å²) in [5, 5.41) is 5.63. The van der Waals surface area contributed by atoms with Gasteiger partial charge in [-0.3, -0.25) is 9.59 Å². The predicted octanol–water partition coefficient (Wildman–Crippen LogP) is 3.24. The lowest BCUT2D eigenvalue weighted by Crippen LogP contribution is -2.22. The lowest BCUT2D eigenvalue weighted by atomic mass is 10.2. The summed E-state index contributed by atoms with van der Waals surface area (Å²) in [6.07, 6.45) is 3.35. The molecular formula is C17H18N2O2S. The molecule has 22 heavy (non-hydrogen) atoms. The molecule has 0 radical (unpaired) electrons. The maximum atomic E-state index is 12.3. The molecule has 0 atom stereocenters. The van der Waals surface area contributed by atoms with Crippen LogP contribution >= 0.6 is 11.3 Å². The second-order valence-electron chi connectivity index (χ2n) is 5.31. The third-order valence-electron chi connectivity index (χ3n) is 3.69. The average Bonchev–Trinajstić information content (AvgIpc) is 3.09. The molecule has 4 nitrogen and oxygen atoms in total. The highest BCUT2D eigenvalue weighted by atomic mass is 32.1. The molecule has 0 fully saturated rings. The zero-order chi connectivity index (χ0) is 15.5. The van der Waals surface area contributed by atoms with E-state index in [0.717, 1.165) is 17.7 Å². The van der Waals surface area contributed by atoms with Gasteiger partial charge in [0.15, 0.2) is 0 Å². The van der Waals surface area contributed by atoms with E-state index in [4.69, 9.17) is 0 Å². The number of thiophene rings is 1. The Kier molecular flexibility index (Phi) is 4.24. The van der Waals surface area contributed by atoms with Gasteiger partial charge in [0.1, 0.15) is 0 Å². The molecule has 0 spiro atoms. The van der Waals surface area contributed by atoms with Crippen molar-refractivity contribution in [1.82, 2.24) is 5.32 Å². The van der Waals surface area contributed by atoms with Crippen LogP contribution in [0, 0.1) is 0 Å². The first-order chi connectivity index (χ1) is 10.7. The molecule has 2 N–H and O–H groups in total. The van der Waals surface area contributed by atoms with Crippen molar-refractivity contribution in [3.8, 4) is 0 Å². The summed E-state index contributed by atoms with van der Waals surface area (Å²) < 4.78 is 0. The second kappa shape index (κ2) is 6.32. The van der Waals surface area contributed by atoms with Gasteiger partial charge in [-0.2, -0.15) is 0 Å². The van der Waals surface area contributed by atoms with Crippen LogP contribution in [-0.2, 0) is 12.8 Å². The summed E-state index contributed by atoms with van der Waals surface area (Å²) in [4.78, 5) is 26.2. The summed E-state index contributed by atoms with van der Waals surface area (Å²) in [5.74, 6) is -0.235. The molecule has 0 saturated heterocycles. The number of amides is 2. The number of rotatable bonds is 4. The first-order valence-corrected chi connectivity index (χ1v) is 8.30. The standard InChI is InChI=1S/C17H18N2O2S/c1-2-18-16(20)12-6-3-7-13(9-12)19-17(21)15-10-11-5-4-8-14(11)22-15/h3,6-7,9-10H,2,4-5,8H2,1H3,(H,18,20)(H,19,21). The van der Waals surface area contributed by atoms with E-state index in [-0.39, 0.29) is 11.8 Å². The summed E-state index contributed by atoms with van der Waals surface area (Å²) >= 11 is 1.58. The van der Waals surface area contributed by atoms with Crippen LogP contribution in [0.5, 0.6) is 0 Å². The molecule has 1 heterocycles. The van der Waals surface area contributed by atoms with Crippen LogP contribution in [0.4, 0.5) is 5.69 Å². The van der Waals surface area contributed by atoms with Gasteiger partial charge in [-0.05, 0) is 56.0 Å². The van der Waals surface area contributed by atoms with Crippen molar-refractivity contribution in [2.75, 3.05) is 11.9 Å². The molecule has 0 aliphatic heterocycles. The Morgan fingerprint density at radius 1 is 1.18 bits per heavy atom. The summed E-state index contributed by atoms with van der Waals surface area (Å²) in [6.45, 7) is 2.45. The largest absolute Gasteiger partial charge is 0.352 e. The molecule has 0 saturated carbocycles. The van der Waals surface area contributed by atoms with Crippen molar-refractivity contribution in [2.45, 2.75) is 26.2 Å². The van der Waals surface area contributed by atoms with Crippen LogP contribution in [0.3, 0.4) is 0 Å². The number of fused-ring (bicyclic) bond motifs is 1. The number of aryl methyl sites for hydroxylation is 2. The number of anilines is 1. The van der Waals surface area contributed by atoms with Crippen LogP contribution < -0.4 is 10.6 Å². The van der Waals surface area contributed by atoms with Gasteiger partial charge in [0.25, 0.3) is 11.8 Å². The molecule has 5 heteroatoms. The van der Waals surface area contributed by atoms with Crippen molar-refractivity contribution < 1.29 is 9.59 Å². The maximum Gasteiger partial charge on any atom is 0.265 e. The Balaban J connectivity index is 1.73. The Labute approximate surface area is 133 Å². The van der Waals surface area contributed by atoms with Gasteiger partial charge in [0.05, 0.1) is 4.88 Å². The summed E-state index contributed by atoms with van der Waals surface area (Å²) in [7, 11) is 0. The van der Waals surface area contributed by atoms with Crippen molar-refractivity contribution in [3.63, 3.8) is 0 Å². The lowest BCUT2D eigenvalue weighted by Gasteiger charge is -2.06. The number of carbonyl (C=O) groups is 2. The number of hydrogen-bond acceptors (Lipinski definition) is 3. The summed E-state index contributed by atoms with van der Waals surface area (Å²) in [5.41, 5.74) is 2.50. The minimum Gasteiger partial charge on any atom is -0.352 e. The number of hydrogen-bond donors (Lipinski definition) is 2. The van der Waals surface area contributed by atoms with Crippen LogP contribution in [0.1, 0.15) is 43.8 Å². The quantitative estimate of drug-likeness (QED) is 0.910. The number of nitrogens with one attached hydrogen (secondary N) is 2. The van der Waals surface area contributed by atoms with E-state index in [1.54, 1.807) is 35.6 Å².